The van der Waals surface area contributed by atoms with Gasteiger partial charge in [-0.15, -0.1) is 35.3 Å². The summed E-state index contributed by atoms with van der Waals surface area (Å²) in [4.78, 5) is 9.40. The first kappa shape index (κ1) is 25.6. The van der Waals surface area contributed by atoms with E-state index in [0.717, 1.165) is 63.6 Å². The quantitative estimate of drug-likeness (QED) is 0.223. The highest BCUT2D eigenvalue weighted by Gasteiger charge is 2.35. The highest BCUT2D eigenvalue weighted by Crippen LogP contribution is 2.34. The molecule has 0 radical (unpaired) electrons. The molecule has 0 amide bonds. The predicted molar refractivity (Wildman–Crippen MR) is 131 cm³/mol. The number of rotatable bonds is 8. The van der Waals surface area contributed by atoms with Crippen LogP contribution in [-0.4, -0.2) is 43.3 Å². The first-order valence-corrected chi connectivity index (χ1v) is 11.3. The van der Waals surface area contributed by atoms with Crippen molar-refractivity contribution in [1.82, 2.24) is 15.6 Å². The van der Waals surface area contributed by atoms with E-state index in [1.54, 1.807) is 11.3 Å². The summed E-state index contributed by atoms with van der Waals surface area (Å²) < 4.78 is 6.09. The Labute approximate surface area is 192 Å². The van der Waals surface area contributed by atoms with Crippen molar-refractivity contribution in [2.24, 2.45) is 16.3 Å². The lowest BCUT2D eigenvalue weighted by atomic mass is 9.78. The van der Waals surface area contributed by atoms with Gasteiger partial charge in [0.15, 0.2) is 5.96 Å². The van der Waals surface area contributed by atoms with Crippen LogP contribution in [0.3, 0.4) is 0 Å². The van der Waals surface area contributed by atoms with Gasteiger partial charge in [0.05, 0.1) is 11.1 Å². The molecule has 0 aliphatic carbocycles. The molecule has 0 aromatic carbocycles. The van der Waals surface area contributed by atoms with Gasteiger partial charge in [0.2, 0.25) is 0 Å². The van der Waals surface area contributed by atoms with Gasteiger partial charge < -0.3 is 15.4 Å². The first-order valence-electron chi connectivity index (χ1n) is 10.4. The third kappa shape index (κ3) is 8.95. The van der Waals surface area contributed by atoms with E-state index >= 15 is 0 Å². The molecule has 1 aromatic heterocycles. The maximum absolute atomic E-state index is 6.09. The first-order chi connectivity index (χ1) is 12.9. The Morgan fingerprint density at radius 2 is 2.11 bits per heavy atom. The number of unbranched alkanes of at least 4 members (excludes halogenated alkanes) is 1. The summed E-state index contributed by atoms with van der Waals surface area (Å²) in [5, 5.41) is 10.2. The summed E-state index contributed by atoms with van der Waals surface area (Å²) in [6.45, 7) is 14.5. The van der Waals surface area contributed by atoms with Crippen LogP contribution in [0.15, 0.2) is 10.4 Å². The molecule has 7 heteroatoms. The molecule has 1 aliphatic rings. The van der Waals surface area contributed by atoms with E-state index in [-0.39, 0.29) is 29.4 Å². The van der Waals surface area contributed by atoms with Crippen LogP contribution in [0.4, 0.5) is 0 Å². The summed E-state index contributed by atoms with van der Waals surface area (Å²) in [5.74, 6) is 1.43. The van der Waals surface area contributed by atoms with Gasteiger partial charge in [-0.05, 0) is 51.4 Å². The molecular formula is C21H39IN4OS. The molecule has 0 bridgehead atoms. The van der Waals surface area contributed by atoms with E-state index in [9.17, 15) is 0 Å². The van der Waals surface area contributed by atoms with Crippen LogP contribution in [0.25, 0.3) is 0 Å². The maximum Gasteiger partial charge on any atom is 0.191 e. The van der Waals surface area contributed by atoms with Gasteiger partial charge in [0, 0.05) is 43.2 Å². The zero-order valence-corrected chi connectivity index (χ0v) is 21.4. The lowest BCUT2D eigenvalue weighted by Gasteiger charge is -2.39. The number of nitrogens with zero attached hydrogens (tertiary/aromatic N) is 2. The summed E-state index contributed by atoms with van der Waals surface area (Å²) in [5.41, 5.74) is 1.30. The number of ether oxygens (including phenoxy) is 1. The molecule has 162 valence electrons. The maximum atomic E-state index is 6.09. The van der Waals surface area contributed by atoms with Crippen molar-refractivity contribution in [1.29, 1.82) is 0 Å². The minimum absolute atomic E-state index is 0. The van der Waals surface area contributed by atoms with Crippen LogP contribution in [0.1, 0.15) is 64.1 Å². The standard InChI is InChI=1S/C21H38N4OS.HI/c1-6-22-20(23-12-8-7-11-18-25-16(2)15-27-18)24-14-17-10-9-13-26-19(17)21(3,4)5;/h15,17,19H,6-14H2,1-5H3,(H2,22,23,24);1H. The van der Waals surface area contributed by atoms with E-state index in [1.165, 1.54) is 11.4 Å². The van der Waals surface area contributed by atoms with Gasteiger partial charge in [-0.1, -0.05) is 20.8 Å². The SMILES string of the molecule is CCNC(=NCC1CCCOC1C(C)(C)C)NCCCCc1nc(C)cs1.I. The summed E-state index contributed by atoms with van der Waals surface area (Å²) >= 11 is 1.77. The second-order valence-corrected chi connectivity index (χ2v) is 9.49. The topological polar surface area (TPSA) is 58.5 Å². The lowest BCUT2D eigenvalue weighted by Crippen LogP contribution is -2.42. The van der Waals surface area contributed by atoms with Crippen molar-refractivity contribution in [2.45, 2.75) is 72.8 Å². The van der Waals surface area contributed by atoms with Crippen molar-refractivity contribution < 1.29 is 4.74 Å². The molecule has 2 heterocycles. The Bertz CT molecular complexity index is 585. The smallest absolute Gasteiger partial charge is 0.191 e. The monoisotopic (exact) mass is 522 g/mol. The molecule has 2 rings (SSSR count). The number of hydrogen-bond acceptors (Lipinski definition) is 4. The fourth-order valence-electron chi connectivity index (χ4n) is 3.66. The molecule has 1 aliphatic heterocycles. The Hall–Kier alpha value is -0.410. The van der Waals surface area contributed by atoms with Crippen LogP contribution in [0, 0.1) is 18.3 Å². The average Bonchev–Trinajstić information content (AvgIpc) is 3.04. The van der Waals surface area contributed by atoms with Crippen LogP contribution in [-0.2, 0) is 11.2 Å². The molecule has 1 aromatic rings. The van der Waals surface area contributed by atoms with Crippen LogP contribution < -0.4 is 10.6 Å². The van der Waals surface area contributed by atoms with Crippen molar-refractivity contribution in [3.8, 4) is 0 Å². The van der Waals surface area contributed by atoms with Crippen molar-refractivity contribution in [2.75, 3.05) is 26.2 Å². The molecule has 0 saturated carbocycles. The number of hydrogen-bond donors (Lipinski definition) is 2. The van der Waals surface area contributed by atoms with E-state index < -0.39 is 0 Å². The minimum atomic E-state index is 0. The van der Waals surface area contributed by atoms with E-state index in [2.05, 4.69) is 55.6 Å². The Balaban J connectivity index is 0.00000392. The van der Waals surface area contributed by atoms with Gasteiger partial charge in [0.1, 0.15) is 0 Å². The molecule has 1 saturated heterocycles. The average molecular weight is 523 g/mol. The number of nitrogens with one attached hydrogen (secondary N) is 2. The van der Waals surface area contributed by atoms with Crippen molar-refractivity contribution >= 4 is 41.3 Å². The van der Waals surface area contributed by atoms with Crippen LogP contribution in [0.2, 0.25) is 0 Å². The fraction of sp³-hybridized carbons (Fsp3) is 0.810. The number of aromatic nitrogens is 1. The molecule has 0 spiro atoms. The van der Waals surface area contributed by atoms with Gasteiger partial charge in [-0.2, -0.15) is 0 Å². The molecule has 2 atom stereocenters. The van der Waals surface area contributed by atoms with Gasteiger partial charge >= 0.3 is 0 Å². The highest BCUT2D eigenvalue weighted by molar-refractivity contribution is 14.0. The largest absolute Gasteiger partial charge is 0.377 e. The van der Waals surface area contributed by atoms with Crippen molar-refractivity contribution in [3.05, 3.63) is 16.1 Å². The Morgan fingerprint density at radius 3 is 2.75 bits per heavy atom. The molecular weight excluding hydrogens is 483 g/mol. The second kappa shape index (κ2) is 13.0. The van der Waals surface area contributed by atoms with Gasteiger partial charge in [0.25, 0.3) is 0 Å². The number of thiazole rings is 1. The zero-order valence-electron chi connectivity index (χ0n) is 18.2. The Kier molecular flexibility index (Phi) is 11.9. The predicted octanol–water partition coefficient (Wildman–Crippen LogP) is 4.79. The number of halogens is 1. The normalized spacial score (nSPS) is 20.5. The number of aliphatic imine (C=N–C) groups is 1. The van der Waals surface area contributed by atoms with Crippen LogP contribution >= 0.6 is 35.3 Å². The summed E-state index contributed by atoms with van der Waals surface area (Å²) in [7, 11) is 0. The summed E-state index contributed by atoms with van der Waals surface area (Å²) in [6, 6.07) is 0. The fourth-order valence-corrected chi connectivity index (χ4v) is 4.48. The lowest BCUT2D eigenvalue weighted by molar-refractivity contribution is -0.0823. The van der Waals surface area contributed by atoms with Crippen LogP contribution in [0.5, 0.6) is 0 Å². The minimum Gasteiger partial charge on any atom is -0.377 e. The molecule has 2 unspecified atom stereocenters. The summed E-state index contributed by atoms with van der Waals surface area (Å²) in [6.07, 6.45) is 5.99. The second-order valence-electron chi connectivity index (χ2n) is 8.55. The number of aryl methyl sites for hydroxylation is 2. The molecule has 28 heavy (non-hydrogen) atoms. The zero-order chi connectivity index (χ0) is 19.7. The third-order valence-electron chi connectivity index (χ3n) is 4.90. The highest BCUT2D eigenvalue weighted by atomic mass is 127. The van der Waals surface area contributed by atoms with Crippen molar-refractivity contribution in [3.63, 3.8) is 0 Å². The van der Waals surface area contributed by atoms with E-state index in [4.69, 9.17) is 9.73 Å². The van der Waals surface area contributed by atoms with E-state index in [0.29, 0.717) is 12.0 Å². The molecule has 5 nitrogen and oxygen atoms in total. The molecule has 2 N–H and O–H groups in total. The van der Waals surface area contributed by atoms with Gasteiger partial charge in [-0.3, -0.25) is 4.99 Å². The third-order valence-corrected chi connectivity index (χ3v) is 5.93. The van der Waals surface area contributed by atoms with Gasteiger partial charge in [-0.25, -0.2) is 4.98 Å². The Morgan fingerprint density at radius 1 is 1.32 bits per heavy atom. The van der Waals surface area contributed by atoms with E-state index in [1.807, 2.05) is 0 Å². The molecule has 1 fully saturated rings. The number of guanidine groups is 1.